The zero-order valence-electron chi connectivity index (χ0n) is 14.7. The van der Waals surface area contributed by atoms with Gasteiger partial charge >= 0.3 is 0 Å². The fourth-order valence-corrected chi connectivity index (χ4v) is 3.10. The number of rotatable bonds is 6. The fourth-order valence-electron chi connectivity index (χ4n) is 3.10. The molecule has 0 aromatic heterocycles. The largest absolute Gasteiger partial charge is 0.269 e. The molecule has 1 aliphatic rings. The van der Waals surface area contributed by atoms with Crippen LogP contribution < -0.4 is 0 Å². The van der Waals surface area contributed by atoms with Crippen molar-refractivity contribution >= 4 is 0 Å². The van der Waals surface area contributed by atoms with Crippen molar-refractivity contribution in [1.29, 1.82) is 0 Å². The van der Waals surface area contributed by atoms with Crippen LogP contribution in [0.3, 0.4) is 0 Å². The van der Waals surface area contributed by atoms with Crippen LogP contribution in [-0.4, -0.2) is 52.8 Å². The second-order valence-electron chi connectivity index (χ2n) is 5.69. The Hall–Kier alpha value is -0.900. The number of hydrogen-bond donors (Lipinski definition) is 0. The molecule has 1 aliphatic heterocycles. The van der Waals surface area contributed by atoms with Gasteiger partial charge in [-0.1, -0.05) is 36.5 Å². The Morgan fingerprint density at radius 3 is 1.00 bits per heavy atom. The minimum Gasteiger partial charge on any atom is -0.269 e. The third-order valence-electron chi connectivity index (χ3n) is 4.54. The lowest BCUT2D eigenvalue weighted by molar-refractivity contribution is -0.143. The summed E-state index contributed by atoms with van der Waals surface area (Å²) in [7, 11) is 0. The number of nitrogens with zero attached hydrogens (tertiary/aromatic N) is 3. The van der Waals surface area contributed by atoms with E-state index in [1.165, 1.54) is 0 Å². The molecule has 0 aromatic carbocycles. The van der Waals surface area contributed by atoms with E-state index < -0.39 is 0 Å². The van der Waals surface area contributed by atoms with Crippen molar-refractivity contribution in [3.63, 3.8) is 0 Å². The summed E-state index contributed by atoms with van der Waals surface area (Å²) in [5.41, 5.74) is 0. The predicted octanol–water partition coefficient (Wildman–Crippen LogP) is 3.67. The van der Waals surface area contributed by atoms with E-state index in [0.29, 0.717) is 18.5 Å². The van der Waals surface area contributed by atoms with E-state index >= 15 is 0 Å². The Kier molecular flexibility index (Phi) is 7.94. The third kappa shape index (κ3) is 4.53. The smallest absolute Gasteiger partial charge is 0.0626 e. The molecule has 0 aliphatic carbocycles. The Morgan fingerprint density at radius 2 is 0.810 bits per heavy atom. The van der Waals surface area contributed by atoms with Crippen molar-refractivity contribution in [2.75, 3.05) is 19.6 Å². The summed E-state index contributed by atoms with van der Waals surface area (Å²) in [5.74, 6) is 0. The second-order valence-corrected chi connectivity index (χ2v) is 5.69. The molecule has 0 radical (unpaired) electrons. The molecule has 1 fully saturated rings. The Balaban J connectivity index is 2.97. The molecule has 1 heterocycles. The molecule has 21 heavy (non-hydrogen) atoms. The average Bonchev–Trinajstić information content (AvgIpc) is 2.47. The summed E-state index contributed by atoms with van der Waals surface area (Å²) in [5, 5.41) is 0. The Labute approximate surface area is 131 Å². The van der Waals surface area contributed by atoms with Gasteiger partial charge in [0, 0.05) is 19.6 Å². The maximum atomic E-state index is 2.56. The van der Waals surface area contributed by atoms with Gasteiger partial charge in [0.15, 0.2) is 0 Å². The highest BCUT2D eigenvalue weighted by atomic mass is 15.6. The lowest BCUT2D eigenvalue weighted by Gasteiger charge is -2.55. The van der Waals surface area contributed by atoms with Crippen LogP contribution in [0.5, 0.6) is 0 Å². The molecule has 0 atom stereocenters. The van der Waals surface area contributed by atoms with E-state index in [2.05, 4.69) is 92.7 Å². The van der Waals surface area contributed by atoms with Crippen LogP contribution in [0.4, 0.5) is 0 Å². The first-order chi connectivity index (χ1) is 10.1. The van der Waals surface area contributed by atoms with E-state index in [9.17, 15) is 0 Å². The van der Waals surface area contributed by atoms with Crippen LogP contribution in [0.25, 0.3) is 0 Å². The zero-order chi connectivity index (χ0) is 15.8. The monoisotopic (exact) mass is 291 g/mol. The molecule has 120 valence electrons. The van der Waals surface area contributed by atoms with E-state index in [1.54, 1.807) is 0 Å². The summed E-state index contributed by atoms with van der Waals surface area (Å²) in [6.45, 7) is 16.3. The van der Waals surface area contributed by atoms with Gasteiger partial charge in [-0.05, 0) is 41.5 Å². The first-order valence-electron chi connectivity index (χ1n) is 8.19. The molecule has 1 saturated heterocycles. The normalized spacial score (nSPS) is 30.3. The summed E-state index contributed by atoms with van der Waals surface area (Å²) in [4.78, 5) is 7.69. The van der Waals surface area contributed by atoms with Crippen molar-refractivity contribution < 1.29 is 0 Å². The molecule has 3 nitrogen and oxygen atoms in total. The summed E-state index contributed by atoms with van der Waals surface area (Å²) < 4.78 is 0. The van der Waals surface area contributed by atoms with Crippen LogP contribution in [0, 0.1) is 0 Å². The van der Waals surface area contributed by atoms with Gasteiger partial charge in [0.1, 0.15) is 0 Å². The van der Waals surface area contributed by atoms with Gasteiger partial charge < -0.3 is 0 Å². The quantitative estimate of drug-likeness (QED) is 0.691. The molecular weight excluding hydrogens is 258 g/mol. The SMILES string of the molecule is C/C=C/CN1C(C)N(C/C=C/C)C(C)N(C/C=C/C)C1C. The Bertz CT molecular complexity index is 304. The minimum absolute atomic E-state index is 0.448. The van der Waals surface area contributed by atoms with Crippen molar-refractivity contribution in [3.05, 3.63) is 36.5 Å². The lowest BCUT2D eigenvalue weighted by atomic mass is 10.1. The van der Waals surface area contributed by atoms with E-state index in [1.807, 2.05) is 0 Å². The van der Waals surface area contributed by atoms with Crippen LogP contribution in [0.1, 0.15) is 41.5 Å². The van der Waals surface area contributed by atoms with Crippen molar-refractivity contribution in [3.8, 4) is 0 Å². The first kappa shape index (κ1) is 18.1. The topological polar surface area (TPSA) is 9.72 Å². The highest BCUT2D eigenvalue weighted by Crippen LogP contribution is 2.25. The predicted molar refractivity (Wildman–Crippen MR) is 92.9 cm³/mol. The van der Waals surface area contributed by atoms with Gasteiger partial charge in [0.2, 0.25) is 0 Å². The van der Waals surface area contributed by atoms with Crippen LogP contribution >= 0.6 is 0 Å². The van der Waals surface area contributed by atoms with Crippen LogP contribution in [-0.2, 0) is 0 Å². The second kappa shape index (κ2) is 9.19. The van der Waals surface area contributed by atoms with Crippen LogP contribution in [0.15, 0.2) is 36.5 Å². The van der Waals surface area contributed by atoms with Crippen molar-refractivity contribution in [1.82, 2.24) is 14.7 Å². The third-order valence-corrected chi connectivity index (χ3v) is 4.54. The Morgan fingerprint density at radius 1 is 0.571 bits per heavy atom. The highest BCUT2D eigenvalue weighted by Gasteiger charge is 2.38. The molecule has 0 spiro atoms. The van der Waals surface area contributed by atoms with Gasteiger partial charge in [0.25, 0.3) is 0 Å². The molecule has 0 bridgehead atoms. The maximum absolute atomic E-state index is 2.56. The van der Waals surface area contributed by atoms with Crippen LogP contribution in [0.2, 0.25) is 0 Å². The summed E-state index contributed by atoms with van der Waals surface area (Å²) >= 11 is 0. The van der Waals surface area contributed by atoms with Gasteiger partial charge in [-0.2, -0.15) is 0 Å². The maximum Gasteiger partial charge on any atom is 0.0626 e. The molecular formula is C18H33N3. The van der Waals surface area contributed by atoms with Gasteiger partial charge in [-0.15, -0.1) is 0 Å². The van der Waals surface area contributed by atoms with E-state index in [4.69, 9.17) is 0 Å². The summed E-state index contributed by atoms with van der Waals surface area (Å²) in [6.07, 6.45) is 14.5. The van der Waals surface area contributed by atoms with Gasteiger partial charge in [0.05, 0.1) is 18.5 Å². The van der Waals surface area contributed by atoms with Crippen molar-refractivity contribution in [2.24, 2.45) is 0 Å². The fraction of sp³-hybridized carbons (Fsp3) is 0.667. The summed E-state index contributed by atoms with van der Waals surface area (Å²) in [6, 6.07) is 0. The molecule has 0 N–H and O–H groups in total. The molecule has 0 unspecified atom stereocenters. The zero-order valence-corrected chi connectivity index (χ0v) is 14.7. The molecule has 0 aromatic rings. The lowest BCUT2D eigenvalue weighted by Crippen LogP contribution is -2.68. The average molecular weight is 291 g/mol. The molecule has 0 saturated carbocycles. The van der Waals surface area contributed by atoms with Gasteiger partial charge in [-0.3, -0.25) is 14.7 Å². The number of allylic oxidation sites excluding steroid dienone is 3. The standard InChI is InChI=1S/C18H33N3/c1-7-10-13-19-16(4)20(14-11-8-2)18(6)21(17(19)5)15-12-9-3/h7-12,16-18H,13-15H2,1-6H3/b10-7+,11-8+,12-9+. The highest BCUT2D eigenvalue weighted by molar-refractivity contribution is 4.96. The van der Waals surface area contributed by atoms with Gasteiger partial charge in [-0.25, -0.2) is 0 Å². The molecule has 1 rings (SSSR count). The first-order valence-corrected chi connectivity index (χ1v) is 8.19. The number of hydrogen-bond acceptors (Lipinski definition) is 3. The minimum atomic E-state index is 0.448. The molecule has 3 heteroatoms. The van der Waals surface area contributed by atoms with E-state index in [-0.39, 0.29) is 0 Å². The van der Waals surface area contributed by atoms with E-state index in [0.717, 1.165) is 19.6 Å². The molecule has 0 amide bonds. The van der Waals surface area contributed by atoms with Crippen molar-refractivity contribution in [2.45, 2.75) is 60.0 Å².